The number of hydrogen-bond acceptors (Lipinski definition) is 4. The first-order valence-corrected chi connectivity index (χ1v) is 6.90. The highest BCUT2D eigenvalue weighted by Gasteiger charge is 2.13. The fourth-order valence-electron chi connectivity index (χ4n) is 1.99. The first kappa shape index (κ1) is 14.3. The van der Waals surface area contributed by atoms with Crippen molar-refractivity contribution in [3.8, 4) is 17.0 Å². The van der Waals surface area contributed by atoms with Crippen LogP contribution < -0.4 is 10.5 Å². The van der Waals surface area contributed by atoms with Crippen LogP contribution in [0.4, 0.5) is 5.82 Å². The maximum atomic E-state index is 6.01. The zero-order chi connectivity index (χ0) is 14.7. The lowest BCUT2D eigenvalue weighted by molar-refractivity contribution is 0.340. The third-order valence-electron chi connectivity index (χ3n) is 3.14. The molecule has 4 heteroatoms. The molecular weight excluding hydrogens is 250 g/mol. The topological polar surface area (TPSA) is 61.0 Å². The maximum Gasteiger partial charge on any atom is 0.133 e. The number of hydrogen-bond donors (Lipinski definition) is 1. The van der Waals surface area contributed by atoms with E-state index in [-0.39, 0.29) is 5.92 Å². The lowest BCUT2D eigenvalue weighted by atomic mass is 10.1. The Morgan fingerprint density at radius 2 is 2.00 bits per heavy atom. The second kappa shape index (κ2) is 5.90. The van der Waals surface area contributed by atoms with Crippen molar-refractivity contribution in [2.75, 3.05) is 12.3 Å². The second-order valence-corrected chi connectivity index (χ2v) is 5.06. The smallest absolute Gasteiger partial charge is 0.133 e. The van der Waals surface area contributed by atoms with Gasteiger partial charge in [0.05, 0.1) is 12.3 Å². The highest BCUT2D eigenvalue weighted by atomic mass is 16.5. The van der Waals surface area contributed by atoms with Crippen molar-refractivity contribution >= 4 is 5.82 Å². The summed E-state index contributed by atoms with van der Waals surface area (Å²) in [4.78, 5) is 9.01. The third kappa shape index (κ3) is 2.90. The van der Waals surface area contributed by atoms with Crippen LogP contribution in [0.15, 0.2) is 24.3 Å². The van der Waals surface area contributed by atoms with Gasteiger partial charge in [0.1, 0.15) is 17.4 Å². The summed E-state index contributed by atoms with van der Waals surface area (Å²) >= 11 is 0. The van der Waals surface area contributed by atoms with Crippen LogP contribution in [0.2, 0.25) is 0 Å². The molecule has 1 heterocycles. The van der Waals surface area contributed by atoms with Gasteiger partial charge in [-0.15, -0.1) is 0 Å². The molecule has 0 unspecified atom stereocenters. The minimum atomic E-state index is 0.242. The number of nitrogens with two attached hydrogens (primary N) is 1. The molecule has 0 radical (unpaired) electrons. The number of ether oxygens (including phenoxy) is 1. The quantitative estimate of drug-likeness (QED) is 0.923. The Labute approximate surface area is 120 Å². The van der Waals surface area contributed by atoms with Crippen LogP contribution in [0.25, 0.3) is 11.3 Å². The number of benzene rings is 1. The average Bonchev–Trinajstić information content (AvgIpc) is 2.42. The Hall–Kier alpha value is -2.10. The van der Waals surface area contributed by atoms with E-state index in [1.54, 1.807) is 0 Å². The third-order valence-corrected chi connectivity index (χ3v) is 3.14. The van der Waals surface area contributed by atoms with Crippen molar-refractivity contribution in [1.29, 1.82) is 0 Å². The molecule has 1 aromatic heterocycles. The molecule has 0 atom stereocenters. The Kier molecular flexibility index (Phi) is 4.23. The molecule has 0 amide bonds. The van der Waals surface area contributed by atoms with Crippen LogP contribution in [-0.4, -0.2) is 16.6 Å². The Morgan fingerprint density at radius 1 is 1.25 bits per heavy atom. The van der Waals surface area contributed by atoms with E-state index < -0.39 is 0 Å². The van der Waals surface area contributed by atoms with Gasteiger partial charge in [-0.05, 0) is 26.0 Å². The van der Waals surface area contributed by atoms with E-state index in [0.29, 0.717) is 12.4 Å². The number of anilines is 1. The first-order chi connectivity index (χ1) is 9.52. The minimum absolute atomic E-state index is 0.242. The van der Waals surface area contributed by atoms with Gasteiger partial charge in [-0.1, -0.05) is 26.0 Å². The molecule has 0 bridgehead atoms. The van der Waals surface area contributed by atoms with Gasteiger partial charge in [-0.3, -0.25) is 0 Å². The molecule has 0 aliphatic carbocycles. The molecule has 1 aromatic carbocycles. The van der Waals surface area contributed by atoms with Gasteiger partial charge >= 0.3 is 0 Å². The summed E-state index contributed by atoms with van der Waals surface area (Å²) in [5, 5.41) is 0. The van der Waals surface area contributed by atoms with Gasteiger partial charge in [0, 0.05) is 17.0 Å². The number of aromatic nitrogens is 2. The molecule has 0 saturated heterocycles. The second-order valence-electron chi connectivity index (χ2n) is 5.06. The lowest BCUT2D eigenvalue weighted by Gasteiger charge is -2.13. The SMILES string of the molecule is CCOc1cccc(-c2nc(C(C)C)nc(N)c2C)c1. The number of rotatable bonds is 4. The summed E-state index contributed by atoms with van der Waals surface area (Å²) in [5.41, 5.74) is 8.80. The van der Waals surface area contributed by atoms with Crippen LogP contribution in [0.1, 0.15) is 38.1 Å². The summed E-state index contributed by atoms with van der Waals surface area (Å²) in [6, 6.07) is 7.91. The van der Waals surface area contributed by atoms with E-state index >= 15 is 0 Å². The van der Waals surface area contributed by atoms with Crippen molar-refractivity contribution < 1.29 is 4.74 Å². The van der Waals surface area contributed by atoms with Crippen molar-refractivity contribution in [1.82, 2.24) is 9.97 Å². The molecule has 4 nitrogen and oxygen atoms in total. The van der Waals surface area contributed by atoms with E-state index in [1.807, 2.05) is 38.1 Å². The molecule has 0 aliphatic rings. The van der Waals surface area contributed by atoms with Crippen LogP contribution in [0.3, 0.4) is 0 Å². The minimum Gasteiger partial charge on any atom is -0.494 e. The van der Waals surface area contributed by atoms with Crippen molar-refractivity contribution in [3.05, 3.63) is 35.7 Å². The highest BCUT2D eigenvalue weighted by Crippen LogP contribution is 2.28. The zero-order valence-corrected chi connectivity index (χ0v) is 12.5. The van der Waals surface area contributed by atoms with E-state index in [0.717, 1.165) is 28.4 Å². The van der Waals surface area contributed by atoms with Gasteiger partial charge in [0.25, 0.3) is 0 Å². The first-order valence-electron chi connectivity index (χ1n) is 6.90. The molecule has 2 aromatic rings. The molecule has 2 N–H and O–H groups in total. The van der Waals surface area contributed by atoms with Crippen LogP contribution in [-0.2, 0) is 0 Å². The normalized spacial score (nSPS) is 10.8. The van der Waals surface area contributed by atoms with Crippen molar-refractivity contribution in [2.24, 2.45) is 0 Å². The fourth-order valence-corrected chi connectivity index (χ4v) is 1.99. The van der Waals surface area contributed by atoms with Crippen LogP contribution in [0.5, 0.6) is 5.75 Å². The van der Waals surface area contributed by atoms with Crippen molar-refractivity contribution in [2.45, 2.75) is 33.6 Å². The standard InChI is InChI=1S/C16H21N3O/c1-5-20-13-8-6-7-12(9-13)14-11(4)15(17)19-16(18-14)10(2)3/h6-10H,5H2,1-4H3,(H2,17,18,19). The Bertz CT molecular complexity index is 609. The van der Waals surface area contributed by atoms with Crippen LogP contribution >= 0.6 is 0 Å². The van der Waals surface area contributed by atoms with Crippen LogP contribution in [0, 0.1) is 6.92 Å². The fraction of sp³-hybridized carbons (Fsp3) is 0.375. The predicted molar refractivity (Wildman–Crippen MR) is 81.9 cm³/mol. The summed E-state index contributed by atoms with van der Waals surface area (Å²) in [6.45, 7) is 8.68. The molecular formula is C16H21N3O. The Balaban J connectivity index is 2.53. The molecule has 0 aliphatic heterocycles. The molecule has 0 fully saturated rings. The number of nitrogens with zero attached hydrogens (tertiary/aromatic N) is 2. The van der Waals surface area contributed by atoms with Gasteiger partial charge in [0.15, 0.2) is 0 Å². The van der Waals surface area contributed by atoms with Gasteiger partial charge in [-0.25, -0.2) is 9.97 Å². The molecule has 106 valence electrons. The monoisotopic (exact) mass is 271 g/mol. The van der Waals surface area contributed by atoms with E-state index in [9.17, 15) is 0 Å². The van der Waals surface area contributed by atoms with Crippen molar-refractivity contribution in [3.63, 3.8) is 0 Å². The highest BCUT2D eigenvalue weighted by molar-refractivity contribution is 5.68. The molecule has 0 spiro atoms. The van der Waals surface area contributed by atoms with E-state index in [1.165, 1.54) is 0 Å². The predicted octanol–water partition coefficient (Wildman–Crippen LogP) is 3.56. The number of nitrogen functional groups attached to an aromatic ring is 1. The molecule has 20 heavy (non-hydrogen) atoms. The average molecular weight is 271 g/mol. The summed E-state index contributed by atoms with van der Waals surface area (Å²) in [6.07, 6.45) is 0. The molecule has 0 saturated carbocycles. The van der Waals surface area contributed by atoms with Gasteiger partial charge < -0.3 is 10.5 Å². The van der Waals surface area contributed by atoms with E-state index in [4.69, 9.17) is 10.5 Å². The largest absolute Gasteiger partial charge is 0.494 e. The van der Waals surface area contributed by atoms with E-state index in [2.05, 4.69) is 23.8 Å². The molecule has 2 rings (SSSR count). The Morgan fingerprint density at radius 3 is 2.65 bits per heavy atom. The summed E-state index contributed by atoms with van der Waals surface area (Å²) < 4.78 is 5.54. The summed E-state index contributed by atoms with van der Waals surface area (Å²) in [7, 11) is 0. The maximum absolute atomic E-state index is 6.01. The zero-order valence-electron chi connectivity index (χ0n) is 12.5. The lowest BCUT2D eigenvalue weighted by Crippen LogP contribution is -2.06. The summed E-state index contributed by atoms with van der Waals surface area (Å²) in [5.74, 6) is 2.39. The van der Waals surface area contributed by atoms with Gasteiger partial charge in [-0.2, -0.15) is 0 Å². The van der Waals surface area contributed by atoms with Gasteiger partial charge in [0.2, 0.25) is 0 Å².